The molecule has 2 N–H and O–H groups in total. The SMILES string of the molecule is CCCCCCCCCCCCSC(CCCCCCCCCCCC)C(CO)(CO)CS. The quantitative estimate of drug-likeness (QED) is 0.0771. The van der Waals surface area contributed by atoms with Gasteiger partial charge in [-0.25, -0.2) is 0 Å². The van der Waals surface area contributed by atoms with Crippen LogP contribution in [0.3, 0.4) is 0 Å². The molecule has 0 rings (SSSR count). The summed E-state index contributed by atoms with van der Waals surface area (Å²) in [5, 5.41) is 20.4. The lowest BCUT2D eigenvalue weighted by molar-refractivity contribution is 0.0699. The van der Waals surface area contributed by atoms with E-state index in [0.29, 0.717) is 11.0 Å². The van der Waals surface area contributed by atoms with Crippen molar-refractivity contribution < 1.29 is 10.2 Å². The molecule has 0 aromatic rings. The van der Waals surface area contributed by atoms with E-state index in [9.17, 15) is 10.2 Å². The second kappa shape index (κ2) is 25.7. The highest BCUT2D eigenvalue weighted by Crippen LogP contribution is 2.36. The van der Waals surface area contributed by atoms with E-state index in [1.54, 1.807) is 0 Å². The van der Waals surface area contributed by atoms with Crippen LogP contribution in [0.4, 0.5) is 0 Å². The summed E-state index contributed by atoms with van der Waals surface area (Å²) in [5.74, 6) is 1.71. The van der Waals surface area contributed by atoms with Crippen LogP contribution >= 0.6 is 24.4 Å². The molecule has 0 radical (unpaired) electrons. The minimum absolute atomic E-state index is 0.0421. The third kappa shape index (κ3) is 18.5. The Morgan fingerprint density at radius 3 is 1.30 bits per heavy atom. The summed E-state index contributed by atoms with van der Waals surface area (Å²) in [5.41, 5.74) is -0.439. The van der Waals surface area contributed by atoms with Gasteiger partial charge in [-0.05, 0) is 18.6 Å². The van der Waals surface area contributed by atoms with Crippen molar-refractivity contribution in [2.75, 3.05) is 24.7 Å². The average Bonchev–Trinajstić information content (AvgIpc) is 2.84. The van der Waals surface area contributed by atoms with Gasteiger partial charge in [0, 0.05) is 16.4 Å². The number of unbranched alkanes of at least 4 members (excludes halogenated alkanes) is 18. The molecule has 0 fully saturated rings. The summed E-state index contributed by atoms with van der Waals surface area (Å²) in [6.07, 6.45) is 28.3. The van der Waals surface area contributed by atoms with Gasteiger partial charge < -0.3 is 10.2 Å². The zero-order valence-corrected chi connectivity index (χ0v) is 24.2. The van der Waals surface area contributed by atoms with E-state index in [4.69, 9.17) is 0 Å². The van der Waals surface area contributed by atoms with Gasteiger partial charge in [-0.1, -0.05) is 136 Å². The van der Waals surface area contributed by atoms with E-state index in [-0.39, 0.29) is 13.2 Å². The topological polar surface area (TPSA) is 40.5 Å². The molecule has 4 heteroatoms. The fraction of sp³-hybridized carbons (Fsp3) is 1.00. The van der Waals surface area contributed by atoms with E-state index >= 15 is 0 Å². The maximum Gasteiger partial charge on any atom is 0.0528 e. The molecule has 0 spiro atoms. The van der Waals surface area contributed by atoms with Crippen LogP contribution in [-0.2, 0) is 0 Å². The molecule has 0 amide bonds. The summed E-state index contributed by atoms with van der Waals surface area (Å²) in [6, 6.07) is 0. The Labute approximate surface area is 218 Å². The maximum atomic E-state index is 10.1. The molecule has 2 nitrogen and oxygen atoms in total. The Bertz CT molecular complexity index is 366. The first-order valence-corrected chi connectivity index (χ1v) is 16.3. The summed E-state index contributed by atoms with van der Waals surface area (Å²) >= 11 is 6.52. The highest BCUT2D eigenvalue weighted by molar-refractivity contribution is 8.00. The zero-order chi connectivity index (χ0) is 24.5. The van der Waals surface area contributed by atoms with E-state index in [1.165, 1.54) is 128 Å². The summed E-state index contributed by atoms with van der Waals surface area (Å²) in [7, 11) is 0. The minimum atomic E-state index is -0.439. The van der Waals surface area contributed by atoms with E-state index < -0.39 is 5.41 Å². The lowest BCUT2D eigenvalue weighted by Gasteiger charge is -2.36. The van der Waals surface area contributed by atoms with E-state index in [1.807, 2.05) is 11.8 Å². The monoisotopic (exact) mass is 504 g/mol. The molecule has 0 aliphatic rings. The van der Waals surface area contributed by atoms with Gasteiger partial charge in [-0.3, -0.25) is 0 Å². The molecule has 0 saturated carbocycles. The number of aliphatic hydroxyl groups excluding tert-OH is 2. The normalized spacial score (nSPS) is 13.0. The van der Waals surface area contributed by atoms with Gasteiger partial charge in [0.05, 0.1) is 13.2 Å². The van der Waals surface area contributed by atoms with Crippen LogP contribution in [0.1, 0.15) is 149 Å². The van der Waals surface area contributed by atoms with E-state index in [2.05, 4.69) is 26.5 Å². The average molecular weight is 505 g/mol. The third-order valence-electron chi connectivity index (χ3n) is 7.26. The fourth-order valence-electron chi connectivity index (χ4n) is 4.65. The third-order valence-corrected chi connectivity index (χ3v) is 9.56. The molecular formula is C29H60O2S2. The van der Waals surface area contributed by atoms with Gasteiger partial charge in [-0.15, -0.1) is 0 Å². The second-order valence-corrected chi connectivity index (χ2v) is 12.0. The van der Waals surface area contributed by atoms with Crippen LogP contribution in [0.15, 0.2) is 0 Å². The molecule has 1 unspecified atom stereocenters. The molecule has 0 aliphatic carbocycles. The lowest BCUT2D eigenvalue weighted by atomic mass is 9.85. The summed E-state index contributed by atoms with van der Waals surface area (Å²) < 4.78 is 0. The number of thiol groups is 1. The van der Waals surface area contributed by atoms with Crippen molar-refractivity contribution in [1.29, 1.82) is 0 Å². The van der Waals surface area contributed by atoms with Crippen LogP contribution in [-0.4, -0.2) is 40.2 Å². The number of rotatable bonds is 27. The number of aliphatic hydroxyl groups is 2. The van der Waals surface area contributed by atoms with Crippen LogP contribution in [0, 0.1) is 5.41 Å². The Kier molecular flexibility index (Phi) is 26.2. The molecule has 0 heterocycles. The van der Waals surface area contributed by atoms with Crippen molar-refractivity contribution >= 4 is 24.4 Å². The summed E-state index contributed by atoms with van der Waals surface area (Å²) in [4.78, 5) is 0. The zero-order valence-electron chi connectivity index (χ0n) is 22.5. The van der Waals surface area contributed by atoms with Gasteiger partial charge in [0.1, 0.15) is 0 Å². The first-order valence-electron chi connectivity index (χ1n) is 14.6. The fourth-order valence-corrected chi connectivity index (χ4v) is 6.77. The highest BCUT2D eigenvalue weighted by Gasteiger charge is 2.36. The van der Waals surface area contributed by atoms with Crippen molar-refractivity contribution in [2.24, 2.45) is 5.41 Å². The van der Waals surface area contributed by atoms with Crippen LogP contribution in [0.2, 0.25) is 0 Å². The van der Waals surface area contributed by atoms with Crippen molar-refractivity contribution in [3.8, 4) is 0 Å². The Morgan fingerprint density at radius 1 is 0.576 bits per heavy atom. The lowest BCUT2D eigenvalue weighted by Crippen LogP contribution is -2.42. The number of thioether (sulfide) groups is 1. The van der Waals surface area contributed by atoms with Crippen LogP contribution < -0.4 is 0 Å². The maximum absolute atomic E-state index is 10.1. The molecule has 0 saturated heterocycles. The molecule has 200 valence electrons. The highest BCUT2D eigenvalue weighted by atomic mass is 32.2. The minimum Gasteiger partial charge on any atom is -0.396 e. The van der Waals surface area contributed by atoms with Crippen LogP contribution in [0.25, 0.3) is 0 Å². The van der Waals surface area contributed by atoms with Crippen LogP contribution in [0.5, 0.6) is 0 Å². The first-order chi connectivity index (χ1) is 16.2. The van der Waals surface area contributed by atoms with E-state index in [0.717, 1.165) is 12.2 Å². The number of hydrogen-bond acceptors (Lipinski definition) is 4. The second-order valence-electron chi connectivity index (χ2n) is 10.3. The Hall–Kier alpha value is 0.620. The Morgan fingerprint density at radius 2 is 0.939 bits per heavy atom. The molecule has 0 aliphatic heterocycles. The number of hydrogen-bond donors (Lipinski definition) is 3. The van der Waals surface area contributed by atoms with Gasteiger partial charge in [0.2, 0.25) is 0 Å². The molecule has 33 heavy (non-hydrogen) atoms. The standard InChI is InChI=1S/C29H60O2S2/c1-3-5-7-9-11-13-15-17-19-21-23-28(29(25-30,26-31)27-32)33-24-22-20-18-16-14-12-10-8-6-4-2/h28,30-32H,3-27H2,1-2H3. The summed E-state index contributed by atoms with van der Waals surface area (Å²) in [6.45, 7) is 4.64. The largest absolute Gasteiger partial charge is 0.396 e. The molecule has 0 aromatic heterocycles. The van der Waals surface area contributed by atoms with Gasteiger partial charge >= 0.3 is 0 Å². The van der Waals surface area contributed by atoms with Gasteiger partial charge in [0.15, 0.2) is 0 Å². The first kappa shape index (κ1) is 33.6. The molecule has 1 atom stereocenters. The van der Waals surface area contributed by atoms with Gasteiger partial charge in [0.25, 0.3) is 0 Å². The molecule has 0 bridgehead atoms. The Balaban J connectivity index is 4.03. The predicted octanol–water partition coefficient (Wildman–Crippen LogP) is 9.22. The molecule has 0 aromatic carbocycles. The smallest absolute Gasteiger partial charge is 0.0528 e. The van der Waals surface area contributed by atoms with Crippen molar-refractivity contribution in [3.05, 3.63) is 0 Å². The van der Waals surface area contributed by atoms with Crippen molar-refractivity contribution in [2.45, 2.75) is 154 Å². The van der Waals surface area contributed by atoms with Gasteiger partial charge in [-0.2, -0.15) is 24.4 Å². The van der Waals surface area contributed by atoms with Crippen molar-refractivity contribution in [3.63, 3.8) is 0 Å². The van der Waals surface area contributed by atoms with Crippen molar-refractivity contribution in [1.82, 2.24) is 0 Å². The molecular weight excluding hydrogens is 444 g/mol. The predicted molar refractivity (Wildman–Crippen MR) is 155 cm³/mol.